The molecule has 0 unspecified atom stereocenters. The molecule has 100 valence electrons. The van der Waals surface area contributed by atoms with Gasteiger partial charge in [-0.3, -0.25) is 4.79 Å². The Morgan fingerprint density at radius 2 is 2.16 bits per heavy atom. The van der Waals surface area contributed by atoms with Crippen LogP contribution in [0.25, 0.3) is 11.5 Å². The van der Waals surface area contributed by atoms with Gasteiger partial charge in [-0.05, 0) is 34.8 Å². The van der Waals surface area contributed by atoms with Crippen molar-refractivity contribution < 1.29 is 4.52 Å². The van der Waals surface area contributed by atoms with E-state index in [2.05, 4.69) is 31.1 Å². The van der Waals surface area contributed by atoms with E-state index in [1.54, 1.807) is 12.3 Å². The summed E-state index contributed by atoms with van der Waals surface area (Å²) in [7, 11) is 0. The number of nitrogens with two attached hydrogens (primary N) is 1. The lowest BCUT2D eigenvalue weighted by atomic mass is 9.99. The Labute approximate surface area is 117 Å². The molecule has 1 aliphatic carbocycles. The summed E-state index contributed by atoms with van der Waals surface area (Å²) in [5, 5.41) is 3.98. The summed E-state index contributed by atoms with van der Waals surface area (Å²) in [4.78, 5) is 18.2. The molecule has 0 saturated heterocycles. The molecule has 2 heterocycles. The largest absolute Gasteiger partial charge is 0.334 e. The highest BCUT2D eigenvalue weighted by molar-refractivity contribution is 9.10. The van der Waals surface area contributed by atoms with Crippen LogP contribution < -0.4 is 11.3 Å². The summed E-state index contributed by atoms with van der Waals surface area (Å²) in [6.07, 6.45) is 5.47. The molecule has 1 saturated carbocycles. The van der Waals surface area contributed by atoms with Gasteiger partial charge in [-0.2, -0.15) is 4.98 Å². The molecule has 19 heavy (non-hydrogen) atoms. The highest BCUT2D eigenvalue weighted by Gasteiger charge is 2.36. The van der Waals surface area contributed by atoms with Crippen LogP contribution in [0.1, 0.15) is 31.5 Å². The Kier molecular flexibility index (Phi) is 3.02. The van der Waals surface area contributed by atoms with Crippen molar-refractivity contribution in [3.63, 3.8) is 0 Å². The Morgan fingerprint density at radius 1 is 1.42 bits per heavy atom. The number of aromatic amines is 1. The zero-order valence-electron chi connectivity index (χ0n) is 10.1. The predicted molar refractivity (Wildman–Crippen MR) is 72.4 cm³/mol. The molecular formula is C12H13BrN4O2. The second-order valence-electron chi connectivity index (χ2n) is 4.85. The van der Waals surface area contributed by atoms with E-state index in [9.17, 15) is 4.79 Å². The van der Waals surface area contributed by atoms with Gasteiger partial charge in [0.05, 0.1) is 15.6 Å². The molecule has 0 aliphatic heterocycles. The van der Waals surface area contributed by atoms with Crippen LogP contribution in [0.5, 0.6) is 0 Å². The van der Waals surface area contributed by atoms with E-state index in [4.69, 9.17) is 10.3 Å². The number of hydrogen-bond acceptors (Lipinski definition) is 5. The van der Waals surface area contributed by atoms with Gasteiger partial charge in [0, 0.05) is 6.20 Å². The third kappa shape index (κ3) is 2.23. The number of aromatic nitrogens is 3. The highest BCUT2D eigenvalue weighted by Crippen LogP contribution is 2.35. The topological polar surface area (TPSA) is 97.8 Å². The minimum absolute atomic E-state index is 0.199. The van der Waals surface area contributed by atoms with Crippen LogP contribution in [-0.2, 0) is 5.54 Å². The van der Waals surface area contributed by atoms with Gasteiger partial charge in [0.1, 0.15) is 0 Å². The quantitative estimate of drug-likeness (QED) is 0.879. The lowest BCUT2D eigenvalue weighted by Gasteiger charge is -2.17. The summed E-state index contributed by atoms with van der Waals surface area (Å²) >= 11 is 3.17. The van der Waals surface area contributed by atoms with Gasteiger partial charge in [-0.15, -0.1) is 0 Å². The van der Waals surface area contributed by atoms with E-state index in [0.29, 0.717) is 21.8 Å². The monoisotopic (exact) mass is 324 g/mol. The number of rotatable bonds is 2. The molecule has 0 atom stereocenters. The molecule has 0 spiro atoms. The van der Waals surface area contributed by atoms with Crippen molar-refractivity contribution in [1.82, 2.24) is 15.1 Å². The van der Waals surface area contributed by atoms with E-state index in [1.165, 1.54) is 0 Å². The zero-order chi connectivity index (χ0) is 13.5. The summed E-state index contributed by atoms with van der Waals surface area (Å²) in [5.74, 6) is 0.908. The Balaban J connectivity index is 1.96. The number of H-pyrrole nitrogens is 1. The summed E-state index contributed by atoms with van der Waals surface area (Å²) in [6, 6.07) is 1.65. The maximum Gasteiger partial charge on any atom is 0.262 e. The van der Waals surface area contributed by atoms with Gasteiger partial charge in [-0.25, -0.2) is 0 Å². The number of pyridine rings is 1. The molecule has 0 amide bonds. The Hall–Kier alpha value is -1.47. The first-order chi connectivity index (χ1) is 9.08. The number of nitrogens with one attached hydrogen (secondary N) is 1. The molecule has 0 bridgehead atoms. The van der Waals surface area contributed by atoms with Crippen LogP contribution in [0.2, 0.25) is 0 Å². The smallest absolute Gasteiger partial charge is 0.262 e. The standard InChI is InChI=1S/C12H13BrN4O2/c13-8-5-7(6-15-9(8)18)10-16-11(17-19-10)12(14)3-1-2-4-12/h5-6H,1-4,14H2,(H,15,18). The first-order valence-corrected chi connectivity index (χ1v) is 6.89. The van der Waals surface area contributed by atoms with E-state index in [0.717, 1.165) is 25.7 Å². The second kappa shape index (κ2) is 4.57. The van der Waals surface area contributed by atoms with Crippen molar-refractivity contribution in [3.8, 4) is 11.5 Å². The van der Waals surface area contributed by atoms with Crippen LogP contribution in [0.15, 0.2) is 26.1 Å². The summed E-state index contributed by atoms with van der Waals surface area (Å²) in [5.41, 5.74) is 6.26. The highest BCUT2D eigenvalue weighted by atomic mass is 79.9. The summed E-state index contributed by atoms with van der Waals surface area (Å²) < 4.78 is 5.66. The molecule has 0 aromatic carbocycles. The van der Waals surface area contributed by atoms with E-state index < -0.39 is 5.54 Å². The first-order valence-electron chi connectivity index (χ1n) is 6.10. The van der Waals surface area contributed by atoms with Gasteiger partial charge in [0.15, 0.2) is 5.82 Å². The van der Waals surface area contributed by atoms with E-state index >= 15 is 0 Å². The van der Waals surface area contributed by atoms with Crippen molar-refractivity contribution >= 4 is 15.9 Å². The van der Waals surface area contributed by atoms with Crippen LogP contribution >= 0.6 is 15.9 Å². The SMILES string of the molecule is NC1(c2noc(-c3c[nH]c(=O)c(Br)c3)n2)CCCC1. The molecule has 1 aliphatic rings. The van der Waals surface area contributed by atoms with Crippen molar-refractivity contribution in [2.75, 3.05) is 0 Å². The van der Waals surface area contributed by atoms with Gasteiger partial charge in [0.25, 0.3) is 11.4 Å². The zero-order valence-corrected chi connectivity index (χ0v) is 11.7. The molecule has 1 fully saturated rings. The van der Waals surface area contributed by atoms with E-state index in [-0.39, 0.29) is 5.56 Å². The van der Waals surface area contributed by atoms with Crippen molar-refractivity contribution in [2.45, 2.75) is 31.2 Å². The normalized spacial score (nSPS) is 17.8. The van der Waals surface area contributed by atoms with Crippen LogP contribution in [0.3, 0.4) is 0 Å². The maximum absolute atomic E-state index is 11.3. The van der Waals surface area contributed by atoms with Gasteiger partial charge in [-0.1, -0.05) is 18.0 Å². The van der Waals surface area contributed by atoms with Crippen molar-refractivity contribution in [2.24, 2.45) is 5.73 Å². The summed E-state index contributed by atoms with van der Waals surface area (Å²) in [6.45, 7) is 0. The molecule has 3 rings (SSSR count). The van der Waals surface area contributed by atoms with Crippen LogP contribution in [-0.4, -0.2) is 15.1 Å². The molecular weight excluding hydrogens is 312 g/mol. The number of halogens is 1. The fraction of sp³-hybridized carbons (Fsp3) is 0.417. The minimum atomic E-state index is -0.471. The van der Waals surface area contributed by atoms with Crippen molar-refractivity contribution in [3.05, 3.63) is 32.9 Å². The van der Waals surface area contributed by atoms with Gasteiger partial charge in [0.2, 0.25) is 0 Å². The molecule has 0 radical (unpaired) electrons. The fourth-order valence-corrected chi connectivity index (χ4v) is 2.71. The maximum atomic E-state index is 11.3. The predicted octanol–water partition coefficient (Wildman–Crippen LogP) is 1.92. The lowest BCUT2D eigenvalue weighted by molar-refractivity contribution is 0.372. The molecule has 2 aromatic heterocycles. The molecule has 2 aromatic rings. The van der Waals surface area contributed by atoms with Crippen LogP contribution in [0.4, 0.5) is 0 Å². The lowest BCUT2D eigenvalue weighted by Crippen LogP contribution is -2.34. The minimum Gasteiger partial charge on any atom is -0.334 e. The number of nitrogens with zero attached hydrogens (tertiary/aromatic N) is 2. The average Bonchev–Trinajstić information content (AvgIpc) is 3.02. The van der Waals surface area contributed by atoms with Gasteiger partial charge >= 0.3 is 0 Å². The Bertz CT molecular complexity index is 658. The van der Waals surface area contributed by atoms with Crippen molar-refractivity contribution in [1.29, 1.82) is 0 Å². The molecule has 7 heteroatoms. The van der Waals surface area contributed by atoms with E-state index in [1.807, 2.05) is 0 Å². The second-order valence-corrected chi connectivity index (χ2v) is 5.71. The Morgan fingerprint density at radius 3 is 2.84 bits per heavy atom. The first kappa shape index (κ1) is 12.6. The molecule has 6 nitrogen and oxygen atoms in total. The van der Waals surface area contributed by atoms with Gasteiger partial charge < -0.3 is 15.2 Å². The third-order valence-corrected chi connectivity index (χ3v) is 4.06. The number of hydrogen-bond donors (Lipinski definition) is 2. The third-order valence-electron chi connectivity index (χ3n) is 3.47. The average molecular weight is 325 g/mol. The molecule has 3 N–H and O–H groups in total. The van der Waals surface area contributed by atoms with Crippen LogP contribution in [0, 0.1) is 0 Å². The fourth-order valence-electron chi connectivity index (χ4n) is 2.35.